The molecule has 0 aromatic heterocycles. The quantitative estimate of drug-likeness (QED) is 0.836. The van der Waals surface area contributed by atoms with Crippen LogP contribution in [0.1, 0.15) is 39.2 Å². The van der Waals surface area contributed by atoms with Crippen LogP contribution < -0.4 is 5.73 Å². The Kier molecular flexibility index (Phi) is 3.47. The minimum atomic E-state index is -0.516. The molecule has 1 atom stereocenters. The highest BCUT2D eigenvalue weighted by Gasteiger charge is 2.53. The van der Waals surface area contributed by atoms with Gasteiger partial charge >= 0.3 is 7.12 Å². The summed E-state index contributed by atoms with van der Waals surface area (Å²) >= 11 is 0. The van der Waals surface area contributed by atoms with Crippen molar-refractivity contribution in [1.82, 2.24) is 0 Å². The van der Waals surface area contributed by atoms with E-state index in [1.165, 1.54) is 0 Å². The van der Waals surface area contributed by atoms with Crippen LogP contribution in [0.4, 0.5) is 0 Å². The van der Waals surface area contributed by atoms with Gasteiger partial charge in [0.2, 0.25) is 0 Å². The highest BCUT2D eigenvalue weighted by atomic mass is 16.7. The van der Waals surface area contributed by atoms with Gasteiger partial charge in [0, 0.05) is 5.39 Å². The van der Waals surface area contributed by atoms with E-state index in [2.05, 4.69) is 0 Å². The van der Waals surface area contributed by atoms with E-state index in [9.17, 15) is 5.11 Å². The van der Waals surface area contributed by atoms with Gasteiger partial charge in [0.25, 0.3) is 0 Å². The van der Waals surface area contributed by atoms with Gasteiger partial charge in [0.1, 0.15) is 5.75 Å². The van der Waals surface area contributed by atoms with Crippen LogP contribution in [0, 0.1) is 0 Å². The maximum atomic E-state index is 10.0. The van der Waals surface area contributed by atoms with Crippen molar-refractivity contribution in [2.45, 2.75) is 44.8 Å². The van der Waals surface area contributed by atoms with E-state index in [1.54, 1.807) is 6.07 Å². The van der Waals surface area contributed by atoms with Crippen molar-refractivity contribution in [3.8, 4) is 5.75 Å². The molecule has 1 aliphatic heterocycles. The Bertz CT molecular complexity index is 698. The van der Waals surface area contributed by atoms with Gasteiger partial charge in [-0.05, 0) is 44.7 Å². The molecule has 0 spiro atoms. The fourth-order valence-electron chi connectivity index (χ4n) is 2.78. The monoisotopic (exact) mass is 299 g/mol. The molecule has 22 heavy (non-hydrogen) atoms. The summed E-state index contributed by atoms with van der Waals surface area (Å²) in [6, 6.07) is 11.2. The fourth-order valence-corrected chi connectivity index (χ4v) is 2.78. The lowest BCUT2D eigenvalue weighted by Crippen LogP contribution is -2.41. The number of fused-ring (bicyclic) bond motifs is 1. The third-order valence-corrected chi connectivity index (χ3v) is 4.86. The predicted octanol–water partition coefficient (Wildman–Crippen LogP) is 3.18. The Hall–Kier alpha value is -1.56. The third kappa shape index (κ3) is 2.30. The molecule has 2 aromatic carbocycles. The zero-order chi connectivity index (χ0) is 16.1. The lowest BCUT2D eigenvalue weighted by atomic mass is 9.73. The first kappa shape index (κ1) is 15.3. The molecule has 0 radical (unpaired) electrons. The van der Waals surface area contributed by atoms with Crippen LogP contribution in [0.3, 0.4) is 0 Å². The topological polar surface area (TPSA) is 64.7 Å². The van der Waals surface area contributed by atoms with E-state index in [4.69, 9.17) is 15.0 Å². The Morgan fingerprint density at radius 1 is 0.955 bits per heavy atom. The van der Waals surface area contributed by atoms with Crippen LogP contribution in [-0.2, 0) is 9.31 Å². The number of aromatic hydroxyl groups is 1. The first-order valence-corrected chi connectivity index (χ1v) is 7.55. The first-order chi connectivity index (χ1) is 10.2. The Morgan fingerprint density at radius 3 is 2.09 bits per heavy atom. The summed E-state index contributed by atoms with van der Waals surface area (Å²) in [5, 5.41) is 11.7. The standard InChI is InChI=1S/C17H22BNO3/c1-16(2)17(3,4)22-18(21-16)15(19)13-9-10-14(20)12-8-6-5-7-11(12)13/h5-10,15,20H,19H2,1-4H3/t15-/m1/s1. The first-order valence-electron chi connectivity index (χ1n) is 7.55. The summed E-state index contributed by atoms with van der Waals surface area (Å²) in [6.07, 6.45) is 0. The van der Waals surface area contributed by atoms with Crippen LogP contribution in [0.15, 0.2) is 36.4 Å². The van der Waals surface area contributed by atoms with Gasteiger partial charge in [-0.15, -0.1) is 0 Å². The van der Waals surface area contributed by atoms with E-state index in [0.29, 0.717) is 0 Å². The number of nitrogens with two attached hydrogens (primary N) is 1. The molecule has 0 saturated carbocycles. The second-order valence-corrected chi connectivity index (χ2v) is 6.87. The summed E-state index contributed by atoms with van der Waals surface area (Å²) in [4.78, 5) is 0. The highest BCUT2D eigenvalue weighted by Crippen LogP contribution is 2.41. The number of phenolic OH excluding ortho intramolecular Hbond substituents is 1. The summed E-state index contributed by atoms with van der Waals surface area (Å²) in [7, 11) is -0.516. The molecule has 2 aromatic rings. The molecule has 5 heteroatoms. The highest BCUT2D eigenvalue weighted by molar-refractivity contribution is 6.47. The summed E-state index contributed by atoms with van der Waals surface area (Å²) in [5.41, 5.74) is 6.51. The normalized spacial score (nSPS) is 21.2. The zero-order valence-electron chi connectivity index (χ0n) is 13.5. The minimum absolute atomic E-state index is 0.250. The molecule has 1 heterocycles. The van der Waals surface area contributed by atoms with Crippen molar-refractivity contribution in [3.63, 3.8) is 0 Å². The average molecular weight is 299 g/mol. The maximum absolute atomic E-state index is 10.0. The molecule has 3 rings (SSSR count). The summed E-state index contributed by atoms with van der Waals surface area (Å²) < 4.78 is 12.1. The summed E-state index contributed by atoms with van der Waals surface area (Å²) in [6.45, 7) is 8.03. The van der Waals surface area contributed by atoms with Gasteiger partial charge in [-0.25, -0.2) is 0 Å². The molecule has 116 valence electrons. The van der Waals surface area contributed by atoms with Crippen LogP contribution in [0.2, 0.25) is 0 Å². The molecule has 0 aliphatic carbocycles. The molecular weight excluding hydrogens is 277 g/mol. The largest absolute Gasteiger partial charge is 0.507 e. The van der Waals surface area contributed by atoms with Crippen LogP contribution >= 0.6 is 0 Å². The van der Waals surface area contributed by atoms with E-state index < -0.39 is 24.3 Å². The minimum Gasteiger partial charge on any atom is -0.507 e. The van der Waals surface area contributed by atoms with Gasteiger partial charge in [-0.1, -0.05) is 30.3 Å². The number of benzene rings is 2. The zero-order valence-corrected chi connectivity index (χ0v) is 13.5. The van der Waals surface area contributed by atoms with Crippen LogP contribution in [0.5, 0.6) is 5.75 Å². The van der Waals surface area contributed by atoms with E-state index in [-0.39, 0.29) is 5.75 Å². The van der Waals surface area contributed by atoms with Gasteiger partial charge in [-0.3, -0.25) is 0 Å². The fraction of sp³-hybridized carbons (Fsp3) is 0.412. The molecule has 1 saturated heterocycles. The van der Waals surface area contributed by atoms with Crippen LogP contribution in [-0.4, -0.2) is 23.4 Å². The number of hydrogen-bond donors (Lipinski definition) is 2. The van der Waals surface area contributed by atoms with Crippen molar-refractivity contribution in [3.05, 3.63) is 42.0 Å². The molecule has 4 nitrogen and oxygen atoms in total. The van der Waals surface area contributed by atoms with Gasteiger partial charge in [0.15, 0.2) is 0 Å². The number of hydrogen-bond acceptors (Lipinski definition) is 4. The molecule has 1 aliphatic rings. The lowest BCUT2D eigenvalue weighted by molar-refractivity contribution is 0.00578. The molecule has 0 unspecified atom stereocenters. The van der Waals surface area contributed by atoms with Gasteiger partial charge < -0.3 is 20.1 Å². The number of rotatable bonds is 2. The van der Waals surface area contributed by atoms with Crippen LogP contribution in [0.25, 0.3) is 10.8 Å². The van der Waals surface area contributed by atoms with Gasteiger partial charge in [0.05, 0.1) is 17.1 Å². The SMILES string of the molecule is CC1(C)OB([C@H](N)c2ccc(O)c3ccccc23)OC1(C)C. The molecule has 0 amide bonds. The Balaban J connectivity index is 2.01. The van der Waals surface area contributed by atoms with Crippen molar-refractivity contribution >= 4 is 17.9 Å². The second kappa shape index (κ2) is 4.98. The lowest BCUT2D eigenvalue weighted by Gasteiger charge is -2.32. The van der Waals surface area contributed by atoms with Crippen molar-refractivity contribution < 1.29 is 14.4 Å². The van der Waals surface area contributed by atoms with Crippen molar-refractivity contribution in [1.29, 1.82) is 0 Å². The van der Waals surface area contributed by atoms with E-state index >= 15 is 0 Å². The third-order valence-electron chi connectivity index (χ3n) is 4.86. The van der Waals surface area contributed by atoms with Gasteiger partial charge in [-0.2, -0.15) is 0 Å². The van der Waals surface area contributed by atoms with E-state index in [0.717, 1.165) is 16.3 Å². The van der Waals surface area contributed by atoms with Crippen molar-refractivity contribution in [2.24, 2.45) is 5.73 Å². The summed E-state index contributed by atoms with van der Waals surface area (Å²) in [5.74, 6) is -0.174. The Morgan fingerprint density at radius 2 is 1.50 bits per heavy atom. The Labute approximate surface area is 131 Å². The molecule has 0 bridgehead atoms. The molecule has 1 fully saturated rings. The molecule has 3 N–H and O–H groups in total. The number of phenols is 1. The van der Waals surface area contributed by atoms with Crippen molar-refractivity contribution in [2.75, 3.05) is 0 Å². The average Bonchev–Trinajstić information content (AvgIpc) is 2.68. The second-order valence-electron chi connectivity index (χ2n) is 6.87. The smallest absolute Gasteiger partial charge is 0.480 e. The predicted molar refractivity (Wildman–Crippen MR) is 88.6 cm³/mol. The maximum Gasteiger partial charge on any atom is 0.480 e. The van der Waals surface area contributed by atoms with E-state index in [1.807, 2.05) is 58.0 Å². The molecular formula is C17H22BNO3.